The molecular formula is C13H16N4O2. The molecule has 1 aromatic heterocycles. The molecular weight excluding hydrogens is 244 g/mol. The fourth-order valence-electron chi connectivity index (χ4n) is 2.25. The van der Waals surface area contributed by atoms with Crippen LogP contribution in [-0.2, 0) is 4.79 Å². The Kier molecular flexibility index (Phi) is 2.87. The van der Waals surface area contributed by atoms with Gasteiger partial charge < -0.3 is 20.6 Å². The van der Waals surface area contributed by atoms with Gasteiger partial charge in [0, 0.05) is 11.6 Å². The van der Waals surface area contributed by atoms with Crippen LogP contribution >= 0.6 is 0 Å². The number of hydrogen-bond donors (Lipinski definition) is 4. The fraction of sp³-hybridized carbons (Fsp3) is 0.385. The van der Waals surface area contributed by atoms with Crippen molar-refractivity contribution in [3.8, 4) is 0 Å². The van der Waals surface area contributed by atoms with Crippen molar-refractivity contribution in [3.05, 3.63) is 28.7 Å². The first kappa shape index (κ1) is 12.0. The minimum Gasteiger partial charge on any atom is -0.326 e. The summed E-state index contributed by atoms with van der Waals surface area (Å²) >= 11 is 0. The third kappa shape index (κ3) is 2.26. The number of amides is 1. The predicted octanol–water partition coefficient (Wildman–Crippen LogP) is 0.650. The number of carbonyl (C=O) groups is 1. The van der Waals surface area contributed by atoms with E-state index in [4.69, 9.17) is 0 Å². The van der Waals surface area contributed by atoms with E-state index in [1.54, 1.807) is 18.2 Å². The molecule has 1 saturated heterocycles. The fourth-order valence-corrected chi connectivity index (χ4v) is 2.25. The average Bonchev–Trinajstić information content (AvgIpc) is 2.66. The number of fused-ring (bicyclic) bond motifs is 1. The molecule has 2 heterocycles. The van der Waals surface area contributed by atoms with Crippen LogP contribution in [0.3, 0.4) is 0 Å². The summed E-state index contributed by atoms with van der Waals surface area (Å²) in [6, 6.07) is 5.32. The molecule has 100 valence electrons. The first-order valence-electron chi connectivity index (χ1n) is 6.37. The van der Waals surface area contributed by atoms with Crippen molar-refractivity contribution in [2.24, 2.45) is 11.8 Å². The maximum absolute atomic E-state index is 12.1. The van der Waals surface area contributed by atoms with Crippen LogP contribution in [-0.4, -0.2) is 29.0 Å². The summed E-state index contributed by atoms with van der Waals surface area (Å²) < 4.78 is 0. The van der Waals surface area contributed by atoms with Crippen LogP contribution in [0, 0.1) is 11.8 Å². The number of carbonyl (C=O) groups excluding carboxylic acids is 1. The van der Waals surface area contributed by atoms with Crippen molar-refractivity contribution in [2.45, 2.75) is 6.92 Å². The maximum Gasteiger partial charge on any atom is 0.323 e. The normalized spacial score (nSPS) is 17.1. The number of imidazole rings is 1. The van der Waals surface area contributed by atoms with Crippen LogP contribution in [0.4, 0.5) is 5.69 Å². The van der Waals surface area contributed by atoms with E-state index in [1.165, 1.54) is 0 Å². The van der Waals surface area contributed by atoms with Gasteiger partial charge >= 0.3 is 5.69 Å². The Labute approximate surface area is 109 Å². The summed E-state index contributed by atoms with van der Waals surface area (Å²) in [6.07, 6.45) is 0. The van der Waals surface area contributed by atoms with Crippen molar-refractivity contribution in [2.75, 3.05) is 18.4 Å². The third-order valence-electron chi connectivity index (χ3n) is 3.72. The molecule has 0 aliphatic carbocycles. The Morgan fingerprint density at radius 2 is 2.05 bits per heavy atom. The van der Waals surface area contributed by atoms with Gasteiger partial charge in [0.1, 0.15) is 0 Å². The second-order valence-corrected chi connectivity index (χ2v) is 5.04. The molecule has 6 heteroatoms. The van der Waals surface area contributed by atoms with E-state index in [0.29, 0.717) is 17.1 Å². The highest BCUT2D eigenvalue weighted by atomic mass is 16.2. The smallest absolute Gasteiger partial charge is 0.323 e. The lowest BCUT2D eigenvalue weighted by Gasteiger charge is -2.31. The van der Waals surface area contributed by atoms with E-state index in [9.17, 15) is 9.59 Å². The Bertz CT molecular complexity index is 669. The van der Waals surface area contributed by atoms with Crippen molar-refractivity contribution in [3.63, 3.8) is 0 Å². The van der Waals surface area contributed by atoms with Gasteiger partial charge in [-0.25, -0.2) is 4.79 Å². The van der Waals surface area contributed by atoms with E-state index >= 15 is 0 Å². The van der Waals surface area contributed by atoms with Gasteiger partial charge in [-0.1, -0.05) is 6.92 Å². The van der Waals surface area contributed by atoms with E-state index in [0.717, 1.165) is 18.6 Å². The quantitative estimate of drug-likeness (QED) is 0.653. The molecule has 1 atom stereocenters. The first-order valence-corrected chi connectivity index (χ1v) is 6.37. The van der Waals surface area contributed by atoms with Crippen LogP contribution in [0.15, 0.2) is 23.0 Å². The molecule has 0 bridgehead atoms. The van der Waals surface area contributed by atoms with Crippen LogP contribution in [0.2, 0.25) is 0 Å². The molecule has 1 aromatic carbocycles. The Morgan fingerprint density at radius 3 is 2.74 bits per heavy atom. The molecule has 6 nitrogen and oxygen atoms in total. The van der Waals surface area contributed by atoms with Gasteiger partial charge in [0.2, 0.25) is 5.91 Å². The highest BCUT2D eigenvalue weighted by Gasteiger charge is 2.28. The molecule has 1 fully saturated rings. The van der Waals surface area contributed by atoms with E-state index in [1.807, 2.05) is 6.92 Å². The monoisotopic (exact) mass is 260 g/mol. The lowest BCUT2D eigenvalue weighted by Crippen LogP contribution is -2.48. The minimum atomic E-state index is -0.243. The number of hydrogen-bond acceptors (Lipinski definition) is 3. The zero-order valence-corrected chi connectivity index (χ0v) is 10.6. The zero-order valence-electron chi connectivity index (χ0n) is 10.6. The number of anilines is 1. The molecule has 1 aliphatic rings. The van der Waals surface area contributed by atoms with Crippen LogP contribution in [0.1, 0.15) is 6.92 Å². The molecule has 19 heavy (non-hydrogen) atoms. The number of H-pyrrole nitrogens is 2. The maximum atomic E-state index is 12.1. The molecule has 1 unspecified atom stereocenters. The number of benzene rings is 1. The number of nitrogens with one attached hydrogen (secondary N) is 4. The predicted molar refractivity (Wildman–Crippen MR) is 73.1 cm³/mol. The van der Waals surface area contributed by atoms with Crippen molar-refractivity contribution in [1.82, 2.24) is 15.3 Å². The molecule has 1 amide bonds. The minimum absolute atomic E-state index is 0.0118. The van der Waals surface area contributed by atoms with Crippen LogP contribution in [0.25, 0.3) is 11.0 Å². The van der Waals surface area contributed by atoms with Gasteiger partial charge in [0.25, 0.3) is 0 Å². The standard InChI is InChI=1S/C13H16N4O2/c1-7(8-5-14-6-8)12(18)15-9-2-3-10-11(4-9)17-13(19)16-10/h2-4,7-8,14H,5-6H2,1H3,(H,15,18)(H2,16,17,19). The molecule has 1 aliphatic heterocycles. The van der Waals surface area contributed by atoms with Crippen molar-refractivity contribution < 1.29 is 4.79 Å². The topological polar surface area (TPSA) is 89.8 Å². The SMILES string of the molecule is CC(C(=O)Nc1ccc2[nH]c(=O)[nH]c2c1)C1CNC1. The summed E-state index contributed by atoms with van der Waals surface area (Å²) in [4.78, 5) is 28.6. The van der Waals surface area contributed by atoms with E-state index < -0.39 is 0 Å². The lowest BCUT2D eigenvalue weighted by atomic mass is 9.88. The summed E-state index contributed by atoms with van der Waals surface area (Å²) in [6.45, 7) is 3.75. The largest absolute Gasteiger partial charge is 0.326 e. The Morgan fingerprint density at radius 1 is 1.32 bits per heavy atom. The summed E-state index contributed by atoms with van der Waals surface area (Å²) in [7, 11) is 0. The summed E-state index contributed by atoms with van der Waals surface area (Å²) in [5, 5.41) is 6.05. The van der Waals surface area contributed by atoms with Gasteiger partial charge in [-0.3, -0.25) is 4.79 Å². The van der Waals surface area contributed by atoms with Gasteiger partial charge in [-0.05, 0) is 37.2 Å². The van der Waals surface area contributed by atoms with Gasteiger partial charge in [0.15, 0.2) is 0 Å². The Balaban J connectivity index is 1.76. The van der Waals surface area contributed by atoms with Gasteiger partial charge in [0.05, 0.1) is 11.0 Å². The van der Waals surface area contributed by atoms with Crippen LogP contribution in [0.5, 0.6) is 0 Å². The van der Waals surface area contributed by atoms with Gasteiger partial charge in [-0.15, -0.1) is 0 Å². The lowest BCUT2D eigenvalue weighted by molar-refractivity contribution is -0.121. The molecule has 0 spiro atoms. The van der Waals surface area contributed by atoms with Crippen molar-refractivity contribution in [1.29, 1.82) is 0 Å². The molecule has 0 saturated carbocycles. The number of aromatic nitrogens is 2. The summed E-state index contributed by atoms with van der Waals surface area (Å²) in [5.41, 5.74) is 1.89. The van der Waals surface area contributed by atoms with Crippen molar-refractivity contribution >= 4 is 22.6 Å². The van der Waals surface area contributed by atoms with Gasteiger partial charge in [-0.2, -0.15) is 0 Å². The zero-order chi connectivity index (χ0) is 13.4. The molecule has 4 N–H and O–H groups in total. The first-order chi connectivity index (χ1) is 9.13. The number of aromatic amines is 2. The second-order valence-electron chi connectivity index (χ2n) is 5.04. The molecule has 0 radical (unpaired) electrons. The highest BCUT2D eigenvalue weighted by molar-refractivity contribution is 5.94. The molecule has 2 aromatic rings. The van der Waals surface area contributed by atoms with Crippen LogP contribution < -0.4 is 16.3 Å². The number of rotatable bonds is 3. The van der Waals surface area contributed by atoms with E-state index in [-0.39, 0.29) is 17.5 Å². The molecule has 3 rings (SSSR count). The summed E-state index contributed by atoms with van der Waals surface area (Å²) in [5.74, 6) is 0.418. The Hall–Kier alpha value is -2.08. The third-order valence-corrected chi connectivity index (χ3v) is 3.72. The second kappa shape index (κ2) is 4.55. The van der Waals surface area contributed by atoms with E-state index in [2.05, 4.69) is 20.6 Å². The highest BCUT2D eigenvalue weighted by Crippen LogP contribution is 2.19. The average molecular weight is 260 g/mol.